The van der Waals surface area contributed by atoms with Gasteiger partial charge in [-0.25, -0.2) is 4.98 Å². The fourth-order valence-electron chi connectivity index (χ4n) is 2.12. The number of amides is 1. The Kier molecular flexibility index (Phi) is 4.63. The second-order valence-corrected chi connectivity index (χ2v) is 5.86. The zero-order valence-electron chi connectivity index (χ0n) is 12.4. The minimum absolute atomic E-state index is 0.0754. The number of thiazole rings is 1. The van der Waals surface area contributed by atoms with Crippen LogP contribution in [0, 0.1) is 0 Å². The van der Waals surface area contributed by atoms with E-state index >= 15 is 0 Å². The Labute approximate surface area is 138 Å². The lowest BCUT2D eigenvalue weighted by Gasteiger charge is -2.03. The SMILES string of the molecule is Nc1ccccc1-c1nc(CC(=O)NCc2ccccn2)cs1. The first kappa shape index (κ1) is 15.2. The van der Waals surface area contributed by atoms with Gasteiger partial charge in [0.1, 0.15) is 5.01 Å². The second kappa shape index (κ2) is 7.02. The molecule has 3 rings (SSSR count). The van der Waals surface area contributed by atoms with Gasteiger partial charge in [0.25, 0.3) is 0 Å². The van der Waals surface area contributed by atoms with Gasteiger partial charge in [0.2, 0.25) is 5.91 Å². The van der Waals surface area contributed by atoms with Gasteiger partial charge < -0.3 is 11.1 Å². The number of anilines is 1. The normalized spacial score (nSPS) is 10.4. The largest absolute Gasteiger partial charge is 0.398 e. The summed E-state index contributed by atoms with van der Waals surface area (Å²) in [6.45, 7) is 0.419. The van der Waals surface area contributed by atoms with Crippen molar-refractivity contribution in [3.63, 3.8) is 0 Å². The second-order valence-electron chi connectivity index (χ2n) is 5.01. The molecule has 23 heavy (non-hydrogen) atoms. The highest BCUT2D eigenvalue weighted by atomic mass is 32.1. The Morgan fingerprint density at radius 1 is 1.13 bits per heavy atom. The molecule has 0 unspecified atom stereocenters. The first-order valence-electron chi connectivity index (χ1n) is 7.18. The van der Waals surface area contributed by atoms with Crippen LogP contribution in [-0.2, 0) is 17.8 Å². The Morgan fingerprint density at radius 3 is 2.74 bits per heavy atom. The number of nitrogen functional groups attached to an aromatic ring is 1. The number of para-hydroxylation sites is 1. The number of nitrogens with one attached hydrogen (secondary N) is 1. The monoisotopic (exact) mass is 324 g/mol. The summed E-state index contributed by atoms with van der Waals surface area (Å²) in [6, 6.07) is 13.2. The van der Waals surface area contributed by atoms with E-state index in [1.807, 2.05) is 47.8 Å². The Hall–Kier alpha value is -2.73. The third kappa shape index (κ3) is 3.92. The van der Waals surface area contributed by atoms with Gasteiger partial charge in [-0.15, -0.1) is 11.3 Å². The minimum atomic E-state index is -0.0754. The van der Waals surface area contributed by atoms with Crippen LogP contribution >= 0.6 is 11.3 Å². The smallest absolute Gasteiger partial charge is 0.226 e. The van der Waals surface area contributed by atoms with E-state index in [0.29, 0.717) is 12.2 Å². The van der Waals surface area contributed by atoms with Crippen molar-refractivity contribution >= 4 is 22.9 Å². The van der Waals surface area contributed by atoms with Crippen LogP contribution in [0.4, 0.5) is 5.69 Å². The summed E-state index contributed by atoms with van der Waals surface area (Å²) in [4.78, 5) is 20.7. The van der Waals surface area contributed by atoms with Crippen molar-refractivity contribution in [3.05, 3.63) is 65.4 Å². The van der Waals surface area contributed by atoms with Crippen LogP contribution < -0.4 is 11.1 Å². The van der Waals surface area contributed by atoms with E-state index < -0.39 is 0 Å². The van der Waals surface area contributed by atoms with Crippen molar-refractivity contribution in [2.45, 2.75) is 13.0 Å². The summed E-state index contributed by atoms with van der Waals surface area (Å²) in [5.41, 5.74) is 9.12. The Morgan fingerprint density at radius 2 is 1.96 bits per heavy atom. The van der Waals surface area contributed by atoms with Crippen LogP contribution in [0.3, 0.4) is 0 Å². The minimum Gasteiger partial charge on any atom is -0.398 e. The van der Waals surface area contributed by atoms with E-state index in [9.17, 15) is 4.79 Å². The first-order valence-corrected chi connectivity index (χ1v) is 8.06. The maximum Gasteiger partial charge on any atom is 0.226 e. The number of carbonyl (C=O) groups excluding carboxylic acids is 1. The molecule has 2 heterocycles. The summed E-state index contributed by atoms with van der Waals surface area (Å²) in [6.07, 6.45) is 1.95. The van der Waals surface area contributed by atoms with Gasteiger partial charge in [-0.1, -0.05) is 18.2 Å². The van der Waals surface area contributed by atoms with Crippen molar-refractivity contribution in [1.29, 1.82) is 0 Å². The molecule has 3 aromatic rings. The molecule has 2 aromatic heterocycles. The molecule has 1 aromatic carbocycles. The number of nitrogens with zero attached hydrogens (tertiary/aromatic N) is 2. The molecule has 0 fully saturated rings. The topological polar surface area (TPSA) is 80.9 Å². The first-order chi connectivity index (χ1) is 11.2. The maximum atomic E-state index is 12.0. The molecule has 0 aliphatic rings. The molecule has 5 nitrogen and oxygen atoms in total. The number of carbonyl (C=O) groups is 1. The van der Waals surface area contributed by atoms with Gasteiger partial charge in [-0.2, -0.15) is 0 Å². The molecule has 0 aliphatic carbocycles. The van der Waals surface area contributed by atoms with Crippen molar-refractivity contribution in [2.75, 3.05) is 5.73 Å². The van der Waals surface area contributed by atoms with E-state index in [0.717, 1.165) is 22.0 Å². The lowest BCUT2D eigenvalue weighted by molar-refractivity contribution is -0.120. The number of nitrogens with two attached hydrogens (primary N) is 1. The quantitative estimate of drug-likeness (QED) is 0.707. The fourth-order valence-corrected chi connectivity index (χ4v) is 2.99. The Bertz CT molecular complexity index is 801. The molecule has 0 bridgehead atoms. The van der Waals surface area contributed by atoms with E-state index in [4.69, 9.17) is 5.73 Å². The summed E-state index contributed by atoms with van der Waals surface area (Å²) in [5, 5.41) is 5.57. The maximum absolute atomic E-state index is 12.0. The molecule has 0 radical (unpaired) electrons. The molecule has 116 valence electrons. The van der Waals surface area contributed by atoms with Crippen LogP contribution in [0.15, 0.2) is 54.0 Å². The molecule has 0 saturated heterocycles. The van der Waals surface area contributed by atoms with Crippen molar-refractivity contribution < 1.29 is 4.79 Å². The van der Waals surface area contributed by atoms with Gasteiger partial charge in [-0.05, 0) is 24.3 Å². The van der Waals surface area contributed by atoms with Crippen LogP contribution in [0.2, 0.25) is 0 Å². The van der Waals surface area contributed by atoms with Crippen molar-refractivity contribution in [1.82, 2.24) is 15.3 Å². The summed E-state index contributed by atoms with van der Waals surface area (Å²) >= 11 is 1.49. The third-order valence-electron chi connectivity index (χ3n) is 3.28. The third-order valence-corrected chi connectivity index (χ3v) is 4.20. The molecular weight excluding hydrogens is 308 g/mol. The molecule has 3 N–H and O–H groups in total. The summed E-state index contributed by atoms with van der Waals surface area (Å²) in [5.74, 6) is -0.0754. The number of aromatic nitrogens is 2. The average Bonchev–Trinajstić information content (AvgIpc) is 3.02. The number of hydrogen-bond donors (Lipinski definition) is 2. The molecule has 0 atom stereocenters. The van der Waals surface area contributed by atoms with Crippen LogP contribution in [-0.4, -0.2) is 15.9 Å². The van der Waals surface area contributed by atoms with Crippen LogP contribution in [0.1, 0.15) is 11.4 Å². The number of pyridine rings is 1. The van der Waals surface area contributed by atoms with Crippen molar-refractivity contribution in [2.24, 2.45) is 0 Å². The van der Waals surface area contributed by atoms with E-state index in [1.165, 1.54) is 11.3 Å². The molecule has 0 spiro atoms. The van der Waals surface area contributed by atoms with Crippen LogP contribution in [0.5, 0.6) is 0 Å². The molecule has 0 saturated carbocycles. The highest BCUT2D eigenvalue weighted by Crippen LogP contribution is 2.28. The number of benzene rings is 1. The van der Waals surface area contributed by atoms with Gasteiger partial charge in [0, 0.05) is 22.8 Å². The molecule has 1 amide bonds. The predicted octanol–water partition coefficient (Wildman–Crippen LogP) is 2.65. The van der Waals surface area contributed by atoms with E-state index in [1.54, 1.807) is 6.20 Å². The van der Waals surface area contributed by atoms with Gasteiger partial charge in [0.05, 0.1) is 24.4 Å². The number of rotatable bonds is 5. The zero-order valence-corrected chi connectivity index (χ0v) is 13.2. The number of hydrogen-bond acceptors (Lipinski definition) is 5. The Balaban J connectivity index is 1.61. The predicted molar refractivity (Wildman–Crippen MR) is 91.8 cm³/mol. The van der Waals surface area contributed by atoms with Crippen molar-refractivity contribution in [3.8, 4) is 10.6 Å². The van der Waals surface area contributed by atoms with Crippen LogP contribution in [0.25, 0.3) is 10.6 Å². The molecule has 6 heteroatoms. The standard InChI is InChI=1S/C17H16N4OS/c18-15-7-2-1-6-14(15)17-21-13(11-23-17)9-16(22)20-10-12-5-3-4-8-19-12/h1-8,11H,9-10,18H2,(H,20,22). The lowest BCUT2D eigenvalue weighted by atomic mass is 10.2. The van der Waals surface area contributed by atoms with E-state index in [-0.39, 0.29) is 12.3 Å². The average molecular weight is 324 g/mol. The molecule has 0 aliphatic heterocycles. The highest BCUT2D eigenvalue weighted by Gasteiger charge is 2.10. The van der Waals surface area contributed by atoms with Gasteiger partial charge in [-0.3, -0.25) is 9.78 Å². The van der Waals surface area contributed by atoms with Gasteiger partial charge >= 0.3 is 0 Å². The van der Waals surface area contributed by atoms with E-state index in [2.05, 4.69) is 15.3 Å². The summed E-state index contributed by atoms with van der Waals surface area (Å²) in [7, 11) is 0. The fraction of sp³-hybridized carbons (Fsp3) is 0.118. The van der Waals surface area contributed by atoms with Gasteiger partial charge in [0.15, 0.2) is 0 Å². The lowest BCUT2D eigenvalue weighted by Crippen LogP contribution is -2.25. The zero-order chi connectivity index (χ0) is 16.1. The molecular formula is C17H16N4OS. The highest BCUT2D eigenvalue weighted by molar-refractivity contribution is 7.13. The summed E-state index contributed by atoms with van der Waals surface area (Å²) < 4.78 is 0.